The molecule has 0 atom stereocenters. The van der Waals surface area contributed by atoms with Crippen LogP contribution in [-0.4, -0.2) is 25.8 Å². The second kappa shape index (κ2) is 6.23. The highest BCUT2D eigenvalue weighted by atomic mass is 79.9. The van der Waals surface area contributed by atoms with Gasteiger partial charge in [0.25, 0.3) is 0 Å². The second-order valence-electron chi connectivity index (χ2n) is 4.02. The number of anilines is 1. The van der Waals surface area contributed by atoms with Crippen molar-refractivity contribution in [1.82, 2.24) is 4.98 Å². The number of rotatable bonds is 5. The Balaban J connectivity index is 2.00. The molecule has 1 heterocycles. The number of pyridine rings is 1. The molecule has 0 unspecified atom stereocenters. The number of nitrogen functional groups attached to an aromatic ring is 1. The van der Waals surface area contributed by atoms with Gasteiger partial charge in [-0.05, 0) is 36.4 Å². The van der Waals surface area contributed by atoms with E-state index in [-0.39, 0.29) is 23.1 Å². The highest BCUT2D eigenvalue weighted by Gasteiger charge is 2.19. The number of nitrogens with zero attached hydrogens (tertiary/aromatic N) is 1. The molecule has 0 radical (unpaired) electrons. The van der Waals surface area contributed by atoms with Crippen molar-refractivity contribution in [2.45, 2.75) is 5.03 Å². The SMILES string of the molecule is Nc1cccnc1S(=O)(=O)CCOc1ccc(Br)cc1. The van der Waals surface area contributed by atoms with Gasteiger partial charge in [0, 0.05) is 10.7 Å². The zero-order valence-corrected chi connectivity index (χ0v) is 12.9. The van der Waals surface area contributed by atoms with Crippen molar-refractivity contribution in [2.24, 2.45) is 0 Å². The van der Waals surface area contributed by atoms with Gasteiger partial charge in [-0.3, -0.25) is 0 Å². The number of hydrogen-bond donors (Lipinski definition) is 1. The summed E-state index contributed by atoms with van der Waals surface area (Å²) in [7, 11) is -3.54. The van der Waals surface area contributed by atoms with Gasteiger partial charge >= 0.3 is 0 Å². The minimum absolute atomic E-state index is 0.0416. The maximum Gasteiger partial charge on any atom is 0.201 e. The van der Waals surface area contributed by atoms with E-state index in [0.29, 0.717) is 5.75 Å². The lowest BCUT2D eigenvalue weighted by atomic mass is 10.3. The van der Waals surface area contributed by atoms with Crippen molar-refractivity contribution in [2.75, 3.05) is 18.1 Å². The predicted molar refractivity (Wildman–Crippen MR) is 80.3 cm³/mol. The molecule has 1 aromatic heterocycles. The molecule has 0 aliphatic heterocycles. The lowest BCUT2D eigenvalue weighted by Crippen LogP contribution is -2.16. The fourth-order valence-corrected chi connectivity index (χ4v) is 2.97. The topological polar surface area (TPSA) is 82.3 Å². The molecule has 0 bridgehead atoms. The Kier molecular flexibility index (Phi) is 4.61. The molecule has 2 rings (SSSR count). The average Bonchev–Trinajstić information content (AvgIpc) is 2.41. The smallest absolute Gasteiger partial charge is 0.201 e. The van der Waals surface area contributed by atoms with Gasteiger partial charge in [-0.1, -0.05) is 15.9 Å². The highest BCUT2D eigenvalue weighted by Crippen LogP contribution is 2.18. The van der Waals surface area contributed by atoms with E-state index in [1.165, 1.54) is 12.3 Å². The van der Waals surface area contributed by atoms with E-state index in [1.807, 2.05) is 12.1 Å². The fraction of sp³-hybridized carbons (Fsp3) is 0.154. The lowest BCUT2D eigenvalue weighted by Gasteiger charge is -2.08. The lowest BCUT2D eigenvalue weighted by molar-refractivity contribution is 0.340. The molecule has 2 N–H and O–H groups in total. The minimum atomic E-state index is -3.54. The van der Waals surface area contributed by atoms with Crippen molar-refractivity contribution >= 4 is 31.5 Å². The number of halogens is 1. The van der Waals surface area contributed by atoms with Crippen molar-refractivity contribution in [3.05, 3.63) is 47.1 Å². The molecule has 0 saturated carbocycles. The van der Waals surface area contributed by atoms with Crippen LogP contribution in [-0.2, 0) is 9.84 Å². The molecule has 0 aliphatic rings. The van der Waals surface area contributed by atoms with Crippen LogP contribution in [0.15, 0.2) is 52.1 Å². The van der Waals surface area contributed by atoms with Crippen LogP contribution < -0.4 is 10.5 Å². The number of nitrogens with two attached hydrogens (primary N) is 1. The fourth-order valence-electron chi connectivity index (χ4n) is 1.56. The Morgan fingerprint density at radius 1 is 1.20 bits per heavy atom. The van der Waals surface area contributed by atoms with E-state index in [9.17, 15) is 8.42 Å². The van der Waals surface area contributed by atoms with E-state index >= 15 is 0 Å². The third-order valence-electron chi connectivity index (χ3n) is 2.53. The molecule has 7 heteroatoms. The van der Waals surface area contributed by atoms with E-state index in [2.05, 4.69) is 20.9 Å². The first-order chi connectivity index (χ1) is 9.49. The van der Waals surface area contributed by atoms with Gasteiger partial charge in [0.1, 0.15) is 12.4 Å². The van der Waals surface area contributed by atoms with Crippen molar-refractivity contribution in [3.8, 4) is 5.75 Å². The monoisotopic (exact) mass is 356 g/mol. The predicted octanol–water partition coefficient (Wildman–Crippen LogP) is 2.28. The summed E-state index contributed by atoms with van der Waals surface area (Å²) in [4.78, 5) is 3.81. The Hall–Kier alpha value is -1.60. The Bertz CT molecular complexity index is 687. The van der Waals surface area contributed by atoms with Crippen LogP contribution in [0.25, 0.3) is 0 Å². The Labute approximate surface area is 125 Å². The zero-order chi connectivity index (χ0) is 14.6. The summed E-state index contributed by atoms with van der Waals surface area (Å²) in [5.74, 6) is 0.432. The van der Waals surface area contributed by atoms with Gasteiger partial charge in [0.05, 0.1) is 11.4 Å². The number of hydrogen-bond acceptors (Lipinski definition) is 5. The molecule has 0 aliphatic carbocycles. The number of sulfone groups is 1. The molecule has 0 fully saturated rings. The van der Waals surface area contributed by atoms with E-state index < -0.39 is 9.84 Å². The zero-order valence-electron chi connectivity index (χ0n) is 10.5. The normalized spacial score (nSPS) is 11.2. The quantitative estimate of drug-likeness (QED) is 0.888. The summed E-state index contributed by atoms with van der Waals surface area (Å²) in [5, 5.41) is -0.0978. The molecule has 106 valence electrons. The summed E-state index contributed by atoms with van der Waals surface area (Å²) in [6, 6.07) is 10.3. The molecule has 1 aromatic carbocycles. The van der Waals surface area contributed by atoms with Crippen LogP contribution in [0, 0.1) is 0 Å². The van der Waals surface area contributed by atoms with Gasteiger partial charge < -0.3 is 10.5 Å². The van der Waals surface area contributed by atoms with Gasteiger partial charge in [-0.2, -0.15) is 0 Å². The Morgan fingerprint density at radius 3 is 2.55 bits per heavy atom. The second-order valence-corrected chi connectivity index (χ2v) is 6.96. The largest absolute Gasteiger partial charge is 0.493 e. The van der Waals surface area contributed by atoms with Crippen LogP contribution in [0.5, 0.6) is 5.75 Å². The summed E-state index contributed by atoms with van der Waals surface area (Å²) in [6.07, 6.45) is 1.40. The van der Waals surface area contributed by atoms with Crippen molar-refractivity contribution in [1.29, 1.82) is 0 Å². The number of benzene rings is 1. The average molecular weight is 357 g/mol. The first kappa shape index (κ1) is 14.8. The minimum Gasteiger partial charge on any atom is -0.493 e. The van der Waals surface area contributed by atoms with Crippen LogP contribution in [0.1, 0.15) is 0 Å². The maximum atomic E-state index is 12.1. The standard InChI is InChI=1S/C13H13BrN2O3S/c14-10-3-5-11(6-4-10)19-8-9-20(17,18)13-12(15)2-1-7-16-13/h1-7H,8-9,15H2. The van der Waals surface area contributed by atoms with Crippen LogP contribution in [0.2, 0.25) is 0 Å². The molecular formula is C13H13BrN2O3S. The van der Waals surface area contributed by atoms with E-state index in [0.717, 1.165) is 4.47 Å². The van der Waals surface area contributed by atoms with Gasteiger partial charge in [-0.15, -0.1) is 0 Å². The number of ether oxygens (including phenoxy) is 1. The summed E-state index contributed by atoms with van der Waals surface area (Å²) >= 11 is 3.31. The van der Waals surface area contributed by atoms with Crippen molar-refractivity contribution < 1.29 is 13.2 Å². The Morgan fingerprint density at radius 2 is 1.90 bits per heavy atom. The van der Waals surface area contributed by atoms with Crippen LogP contribution in [0.3, 0.4) is 0 Å². The van der Waals surface area contributed by atoms with E-state index in [4.69, 9.17) is 10.5 Å². The first-order valence-electron chi connectivity index (χ1n) is 5.81. The molecule has 2 aromatic rings. The van der Waals surface area contributed by atoms with Gasteiger partial charge in [-0.25, -0.2) is 13.4 Å². The third-order valence-corrected chi connectivity index (χ3v) is 4.69. The highest BCUT2D eigenvalue weighted by molar-refractivity contribution is 9.10. The first-order valence-corrected chi connectivity index (χ1v) is 8.25. The summed E-state index contributed by atoms with van der Waals surface area (Å²) in [6.45, 7) is 0.0416. The molecule has 0 amide bonds. The van der Waals surface area contributed by atoms with Crippen LogP contribution in [0.4, 0.5) is 5.69 Å². The molecule has 0 spiro atoms. The maximum absolute atomic E-state index is 12.1. The molecule has 20 heavy (non-hydrogen) atoms. The van der Waals surface area contributed by atoms with Gasteiger partial charge in [0.15, 0.2) is 5.03 Å². The molecular weight excluding hydrogens is 344 g/mol. The third kappa shape index (κ3) is 3.71. The summed E-state index contributed by atoms with van der Waals surface area (Å²) in [5.41, 5.74) is 5.77. The molecule has 5 nitrogen and oxygen atoms in total. The number of aromatic nitrogens is 1. The van der Waals surface area contributed by atoms with Crippen LogP contribution >= 0.6 is 15.9 Å². The van der Waals surface area contributed by atoms with Crippen molar-refractivity contribution in [3.63, 3.8) is 0 Å². The summed E-state index contributed by atoms with van der Waals surface area (Å²) < 4.78 is 30.5. The molecule has 0 saturated heterocycles. The van der Waals surface area contributed by atoms with E-state index in [1.54, 1.807) is 18.2 Å². The van der Waals surface area contributed by atoms with Gasteiger partial charge in [0.2, 0.25) is 9.84 Å².